The van der Waals surface area contributed by atoms with Gasteiger partial charge in [-0.15, -0.1) is 0 Å². The lowest BCUT2D eigenvalue weighted by molar-refractivity contribution is 0.0719. The van der Waals surface area contributed by atoms with Crippen LogP contribution in [0, 0.1) is 5.41 Å². The SMILES string of the molecule is CC(C)(C)CN(C(=O)O)C1(COc2cncc(-c3cc(Cl)cc(Cl)c3)c2)CC1. The van der Waals surface area contributed by atoms with E-state index in [0.29, 0.717) is 28.9 Å². The van der Waals surface area contributed by atoms with Crippen LogP contribution < -0.4 is 4.74 Å². The van der Waals surface area contributed by atoms with E-state index in [0.717, 1.165) is 24.0 Å². The molecule has 7 heteroatoms. The van der Waals surface area contributed by atoms with E-state index in [9.17, 15) is 9.90 Å². The molecule has 1 aromatic heterocycles. The number of amides is 1. The van der Waals surface area contributed by atoms with Gasteiger partial charge in [0.15, 0.2) is 0 Å². The van der Waals surface area contributed by atoms with Gasteiger partial charge in [-0.05, 0) is 48.1 Å². The Morgan fingerprint density at radius 2 is 1.79 bits per heavy atom. The highest BCUT2D eigenvalue weighted by Gasteiger charge is 2.52. The number of aromatic nitrogens is 1. The number of ether oxygens (including phenoxy) is 1. The summed E-state index contributed by atoms with van der Waals surface area (Å²) in [5.41, 5.74) is 1.09. The van der Waals surface area contributed by atoms with E-state index in [1.165, 1.54) is 4.90 Å². The second-order valence-corrected chi connectivity index (χ2v) is 9.38. The zero-order chi connectivity index (χ0) is 20.5. The monoisotopic (exact) mass is 422 g/mol. The van der Waals surface area contributed by atoms with Crippen molar-refractivity contribution in [1.82, 2.24) is 9.88 Å². The van der Waals surface area contributed by atoms with Gasteiger partial charge in [0.05, 0.1) is 11.7 Å². The summed E-state index contributed by atoms with van der Waals surface area (Å²) >= 11 is 12.2. The summed E-state index contributed by atoms with van der Waals surface area (Å²) in [4.78, 5) is 17.6. The first-order valence-corrected chi connectivity index (χ1v) is 9.89. The van der Waals surface area contributed by atoms with Crippen LogP contribution in [0.2, 0.25) is 10.0 Å². The van der Waals surface area contributed by atoms with Crippen LogP contribution >= 0.6 is 23.2 Å². The molecule has 1 aliphatic carbocycles. The molecule has 0 atom stereocenters. The molecule has 1 fully saturated rings. The largest absolute Gasteiger partial charge is 0.490 e. The maximum absolute atomic E-state index is 11.8. The van der Waals surface area contributed by atoms with Crippen molar-refractivity contribution < 1.29 is 14.6 Å². The molecule has 0 spiro atoms. The molecule has 0 unspecified atom stereocenters. The molecule has 5 nitrogen and oxygen atoms in total. The molecule has 0 saturated heterocycles. The fourth-order valence-electron chi connectivity index (χ4n) is 3.14. The molecular formula is C21H24Cl2N2O3. The van der Waals surface area contributed by atoms with Gasteiger partial charge in [-0.3, -0.25) is 9.88 Å². The van der Waals surface area contributed by atoms with Gasteiger partial charge < -0.3 is 9.84 Å². The third kappa shape index (κ3) is 5.09. The predicted molar refractivity (Wildman–Crippen MR) is 111 cm³/mol. The molecule has 3 rings (SSSR count). The number of pyridine rings is 1. The van der Waals surface area contributed by atoms with Gasteiger partial charge in [0.25, 0.3) is 0 Å². The summed E-state index contributed by atoms with van der Waals surface area (Å²) in [6.07, 6.45) is 4.03. The minimum absolute atomic E-state index is 0.124. The number of hydrogen-bond acceptors (Lipinski definition) is 3. The average Bonchev–Trinajstić information content (AvgIpc) is 3.37. The number of carbonyl (C=O) groups is 1. The average molecular weight is 423 g/mol. The van der Waals surface area contributed by atoms with E-state index in [1.54, 1.807) is 18.5 Å². The van der Waals surface area contributed by atoms with Crippen LogP contribution in [0.25, 0.3) is 11.1 Å². The minimum Gasteiger partial charge on any atom is -0.490 e. The number of benzene rings is 1. The zero-order valence-corrected chi connectivity index (χ0v) is 17.7. The Bertz CT molecular complexity index is 856. The molecule has 0 bridgehead atoms. The lowest BCUT2D eigenvalue weighted by atomic mass is 9.95. The molecule has 1 N–H and O–H groups in total. The van der Waals surface area contributed by atoms with E-state index in [1.807, 2.05) is 39.0 Å². The van der Waals surface area contributed by atoms with Gasteiger partial charge >= 0.3 is 6.09 Å². The molecule has 0 radical (unpaired) electrons. The van der Waals surface area contributed by atoms with Crippen molar-refractivity contribution >= 4 is 29.3 Å². The number of hydrogen-bond donors (Lipinski definition) is 1. The van der Waals surface area contributed by atoms with E-state index in [2.05, 4.69) is 4.98 Å². The van der Waals surface area contributed by atoms with Crippen LogP contribution in [-0.2, 0) is 0 Å². The number of carboxylic acid groups (broad SMARTS) is 1. The first-order valence-electron chi connectivity index (χ1n) is 9.13. The van der Waals surface area contributed by atoms with Crippen LogP contribution in [0.5, 0.6) is 5.75 Å². The van der Waals surface area contributed by atoms with Crippen LogP contribution in [-0.4, -0.2) is 39.8 Å². The molecule has 150 valence electrons. The Labute approximate surface area is 175 Å². The van der Waals surface area contributed by atoms with Crippen molar-refractivity contribution in [3.63, 3.8) is 0 Å². The normalized spacial score (nSPS) is 15.2. The standard InChI is InChI=1S/C21H24Cl2N2O3/c1-20(2,3)12-25(19(26)27)21(4-5-21)13-28-18-8-15(10-24-11-18)14-6-16(22)9-17(23)7-14/h6-11H,4-5,12-13H2,1-3H3,(H,26,27). The Morgan fingerprint density at radius 3 is 2.32 bits per heavy atom. The zero-order valence-electron chi connectivity index (χ0n) is 16.2. The lowest BCUT2D eigenvalue weighted by Crippen LogP contribution is -2.48. The van der Waals surface area contributed by atoms with Gasteiger partial charge in [-0.2, -0.15) is 0 Å². The van der Waals surface area contributed by atoms with E-state index in [-0.39, 0.29) is 5.41 Å². The summed E-state index contributed by atoms with van der Waals surface area (Å²) in [6.45, 7) is 6.86. The smallest absolute Gasteiger partial charge is 0.407 e. The van der Waals surface area contributed by atoms with Crippen molar-refractivity contribution in [2.75, 3.05) is 13.2 Å². The highest BCUT2D eigenvalue weighted by molar-refractivity contribution is 6.35. The first kappa shape index (κ1) is 20.7. The van der Waals surface area contributed by atoms with Crippen molar-refractivity contribution in [3.8, 4) is 16.9 Å². The fraction of sp³-hybridized carbons (Fsp3) is 0.429. The highest BCUT2D eigenvalue weighted by Crippen LogP contribution is 2.43. The van der Waals surface area contributed by atoms with Crippen LogP contribution in [0.15, 0.2) is 36.7 Å². The molecule has 1 heterocycles. The molecule has 2 aromatic rings. The first-order chi connectivity index (χ1) is 13.1. The molecule has 1 aliphatic rings. The molecule has 0 aliphatic heterocycles. The molecule has 1 saturated carbocycles. The Morgan fingerprint density at radius 1 is 1.14 bits per heavy atom. The predicted octanol–water partition coefficient (Wildman–Crippen LogP) is 5.99. The summed E-state index contributed by atoms with van der Waals surface area (Å²) in [5, 5.41) is 10.8. The molecule has 1 amide bonds. The number of rotatable bonds is 6. The van der Waals surface area contributed by atoms with Crippen LogP contribution in [0.4, 0.5) is 4.79 Å². The topological polar surface area (TPSA) is 62.7 Å². The lowest BCUT2D eigenvalue weighted by Gasteiger charge is -2.34. The molecule has 28 heavy (non-hydrogen) atoms. The summed E-state index contributed by atoms with van der Waals surface area (Å²) < 4.78 is 5.97. The van der Waals surface area contributed by atoms with Crippen molar-refractivity contribution in [2.24, 2.45) is 5.41 Å². The summed E-state index contributed by atoms with van der Waals surface area (Å²) in [5.74, 6) is 0.584. The van der Waals surface area contributed by atoms with Gasteiger partial charge in [0, 0.05) is 28.4 Å². The van der Waals surface area contributed by atoms with E-state index >= 15 is 0 Å². The van der Waals surface area contributed by atoms with Gasteiger partial charge in [-0.25, -0.2) is 4.79 Å². The van der Waals surface area contributed by atoms with Crippen molar-refractivity contribution in [3.05, 3.63) is 46.7 Å². The van der Waals surface area contributed by atoms with Gasteiger partial charge in [0.2, 0.25) is 0 Å². The fourth-order valence-corrected chi connectivity index (χ4v) is 3.67. The van der Waals surface area contributed by atoms with E-state index < -0.39 is 11.6 Å². The van der Waals surface area contributed by atoms with Crippen LogP contribution in [0.3, 0.4) is 0 Å². The number of halogens is 2. The summed E-state index contributed by atoms with van der Waals surface area (Å²) in [7, 11) is 0. The second kappa shape index (κ2) is 7.80. The van der Waals surface area contributed by atoms with Crippen molar-refractivity contribution in [2.45, 2.75) is 39.2 Å². The van der Waals surface area contributed by atoms with Gasteiger partial charge in [0.1, 0.15) is 12.4 Å². The van der Waals surface area contributed by atoms with E-state index in [4.69, 9.17) is 27.9 Å². The third-order valence-electron chi connectivity index (χ3n) is 4.68. The van der Waals surface area contributed by atoms with Gasteiger partial charge in [-0.1, -0.05) is 44.0 Å². The second-order valence-electron chi connectivity index (χ2n) is 8.51. The number of nitrogens with zero attached hydrogens (tertiary/aromatic N) is 2. The molecule has 1 aromatic carbocycles. The summed E-state index contributed by atoms with van der Waals surface area (Å²) in [6, 6.07) is 7.16. The molecular weight excluding hydrogens is 399 g/mol. The minimum atomic E-state index is -0.906. The highest BCUT2D eigenvalue weighted by atomic mass is 35.5. The third-order valence-corrected chi connectivity index (χ3v) is 5.12. The quantitative estimate of drug-likeness (QED) is 0.620. The Hall–Kier alpha value is -1.98. The maximum atomic E-state index is 11.8. The van der Waals surface area contributed by atoms with Crippen molar-refractivity contribution in [1.29, 1.82) is 0 Å². The maximum Gasteiger partial charge on any atom is 0.407 e. The Kier molecular flexibility index (Phi) is 5.78. The Balaban J connectivity index is 1.75. The van der Waals surface area contributed by atoms with Crippen LogP contribution in [0.1, 0.15) is 33.6 Å².